The third-order valence-electron chi connectivity index (χ3n) is 2.18. The summed E-state index contributed by atoms with van der Waals surface area (Å²) in [5, 5.41) is 9.23. The molecule has 0 amide bonds. The zero-order valence-corrected chi connectivity index (χ0v) is 12.2. The van der Waals surface area contributed by atoms with E-state index in [0.717, 1.165) is 19.9 Å². The lowest BCUT2D eigenvalue weighted by atomic mass is 10.2. The molecule has 0 radical (unpaired) electrons. The summed E-state index contributed by atoms with van der Waals surface area (Å²) in [6, 6.07) is 8.83. The minimum Gasteiger partial charge on any atom is -0.478 e. The van der Waals surface area contributed by atoms with E-state index in [-0.39, 0.29) is 10.6 Å². The van der Waals surface area contributed by atoms with Crippen LogP contribution in [0.15, 0.2) is 35.2 Å². The van der Waals surface area contributed by atoms with Gasteiger partial charge in [-0.3, -0.25) is 0 Å². The maximum atomic E-state index is 10.9. The van der Waals surface area contributed by atoms with Crippen molar-refractivity contribution in [3.05, 3.63) is 50.1 Å². The van der Waals surface area contributed by atoms with Gasteiger partial charge in [0.1, 0.15) is 0 Å². The van der Waals surface area contributed by atoms with Crippen LogP contribution in [0.3, 0.4) is 0 Å². The van der Waals surface area contributed by atoms with Crippen LogP contribution >= 0.6 is 46.3 Å². The number of hydrogen-bond donors (Lipinski definition) is 1. The fraction of sp³-hybridized carbons (Fsp3) is 0.0833. The van der Waals surface area contributed by atoms with Crippen molar-refractivity contribution in [2.75, 3.05) is 0 Å². The molecule has 1 N–H and O–H groups in total. The zero-order valence-electron chi connectivity index (χ0n) is 9.02. The minimum absolute atomic E-state index is 0.130. The zero-order chi connectivity index (χ0) is 13.1. The van der Waals surface area contributed by atoms with Crippen molar-refractivity contribution in [3.63, 3.8) is 0 Å². The van der Waals surface area contributed by atoms with Gasteiger partial charge in [0.25, 0.3) is 0 Å². The highest BCUT2D eigenvalue weighted by Gasteiger charge is 2.09. The number of carbonyl (C=O) groups is 1. The van der Waals surface area contributed by atoms with E-state index in [1.165, 1.54) is 11.3 Å². The average molecular weight is 319 g/mol. The molecule has 18 heavy (non-hydrogen) atoms. The Balaban J connectivity index is 2.10. The van der Waals surface area contributed by atoms with Crippen LogP contribution in [0.25, 0.3) is 0 Å². The Morgan fingerprint density at radius 1 is 1.28 bits per heavy atom. The molecule has 2 nitrogen and oxygen atoms in total. The van der Waals surface area contributed by atoms with Crippen molar-refractivity contribution in [1.82, 2.24) is 0 Å². The monoisotopic (exact) mass is 318 g/mol. The Hall–Kier alpha value is -0.680. The lowest BCUT2D eigenvalue weighted by Gasteiger charge is -2.03. The number of carboxylic acids is 1. The molecule has 0 aliphatic heterocycles. The Morgan fingerprint density at radius 2 is 2.06 bits per heavy atom. The number of thiophene rings is 1. The number of rotatable bonds is 4. The van der Waals surface area contributed by atoms with Gasteiger partial charge in [-0.15, -0.1) is 23.1 Å². The normalized spacial score (nSPS) is 10.6. The van der Waals surface area contributed by atoms with Crippen LogP contribution in [0.5, 0.6) is 0 Å². The maximum absolute atomic E-state index is 10.9. The number of aromatic carboxylic acids is 1. The molecule has 1 aromatic carbocycles. The van der Waals surface area contributed by atoms with Gasteiger partial charge in [-0.2, -0.15) is 0 Å². The molecule has 2 aromatic rings. The van der Waals surface area contributed by atoms with Crippen molar-refractivity contribution >= 4 is 52.3 Å². The smallest absolute Gasteiger partial charge is 0.337 e. The van der Waals surface area contributed by atoms with Gasteiger partial charge in [-0.05, 0) is 30.3 Å². The summed E-state index contributed by atoms with van der Waals surface area (Å²) < 4.78 is 0.757. The van der Waals surface area contributed by atoms with E-state index < -0.39 is 5.97 Å². The first-order valence-electron chi connectivity index (χ1n) is 4.96. The second kappa shape index (κ2) is 5.97. The quantitative estimate of drug-likeness (QED) is 0.802. The molecule has 0 saturated carbocycles. The Bertz CT molecular complexity index is 581. The van der Waals surface area contributed by atoms with Crippen molar-refractivity contribution in [3.8, 4) is 0 Å². The molecular weight excluding hydrogens is 311 g/mol. The number of thioether (sulfide) groups is 1. The van der Waals surface area contributed by atoms with Gasteiger partial charge in [0.15, 0.2) is 0 Å². The van der Waals surface area contributed by atoms with Crippen molar-refractivity contribution < 1.29 is 9.90 Å². The Labute approximate surface area is 123 Å². The molecule has 0 unspecified atom stereocenters. The summed E-state index contributed by atoms with van der Waals surface area (Å²) in [7, 11) is 0. The summed E-state index contributed by atoms with van der Waals surface area (Å²) >= 11 is 14.7. The van der Waals surface area contributed by atoms with Gasteiger partial charge < -0.3 is 5.11 Å². The van der Waals surface area contributed by atoms with Crippen LogP contribution in [0.1, 0.15) is 15.2 Å². The molecular formula is C12H8Cl2O2S2. The first-order chi connectivity index (χ1) is 8.56. The summed E-state index contributed by atoms with van der Waals surface area (Å²) in [5.41, 5.74) is 0.130. The van der Waals surface area contributed by atoms with Crippen molar-refractivity contribution in [1.29, 1.82) is 0 Å². The van der Waals surface area contributed by atoms with Crippen LogP contribution in [0.4, 0.5) is 0 Å². The van der Waals surface area contributed by atoms with E-state index in [4.69, 9.17) is 28.3 Å². The van der Waals surface area contributed by atoms with E-state index >= 15 is 0 Å². The minimum atomic E-state index is -1.01. The maximum Gasteiger partial charge on any atom is 0.337 e. The highest BCUT2D eigenvalue weighted by molar-refractivity contribution is 7.98. The Kier molecular flexibility index (Phi) is 4.56. The highest BCUT2D eigenvalue weighted by atomic mass is 35.5. The highest BCUT2D eigenvalue weighted by Crippen LogP contribution is 2.30. The molecule has 94 valence electrons. The summed E-state index contributed by atoms with van der Waals surface area (Å²) in [5.74, 6) is -0.250. The number of hydrogen-bond acceptors (Lipinski definition) is 3. The first kappa shape index (κ1) is 13.7. The van der Waals surface area contributed by atoms with Gasteiger partial charge in [0.05, 0.1) is 14.9 Å². The molecule has 0 atom stereocenters. The van der Waals surface area contributed by atoms with E-state index in [0.29, 0.717) is 0 Å². The molecule has 2 rings (SSSR count). The van der Waals surface area contributed by atoms with Gasteiger partial charge in [0, 0.05) is 15.5 Å². The first-order valence-corrected chi connectivity index (χ1v) is 7.52. The summed E-state index contributed by atoms with van der Waals surface area (Å²) in [6.07, 6.45) is 0. The summed E-state index contributed by atoms with van der Waals surface area (Å²) in [6.45, 7) is 0. The molecule has 1 heterocycles. The predicted octanol–water partition coefficient (Wildman–Crippen LogP) is 5.05. The molecule has 0 aliphatic rings. The van der Waals surface area contributed by atoms with Gasteiger partial charge in [-0.25, -0.2) is 4.79 Å². The van der Waals surface area contributed by atoms with Crippen LogP contribution in [-0.4, -0.2) is 11.1 Å². The van der Waals surface area contributed by atoms with E-state index in [2.05, 4.69) is 0 Å². The van der Waals surface area contributed by atoms with Crippen LogP contribution < -0.4 is 0 Å². The van der Waals surface area contributed by atoms with E-state index in [9.17, 15) is 4.79 Å². The predicted molar refractivity (Wildman–Crippen MR) is 77.3 cm³/mol. The summed E-state index contributed by atoms with van der Waals surface area (Å²) in [4.78, 5) is 13.0. The second-order valence-electron chi connectivity index (χ2n) is 3.44. The molecule has 0 saturated heterocycles. The van der Waals surface area contributed by atoms with E-state index in [1.807, 2.05) is 18.2 Å². The topological polar surface area (TPSA) is 37.3 Å². The number of carboxylic acid groups (broad SMARTS) is 1. The van der Waals surface area contributed by atoms with Gasteiger partial charge in [0.2, 0.25) is 0 Å². The molecule has 0 spiro atoms. The van der Waals surface area contributed by atoms with Gasteiger partial charge in [-0.1, -0.05) is 23.2 Å². The lowest BCUT2D eigenvalue weighted by Crippen LogP contribution is -1.97. The second-order valence-corrected chi connectivity index (χ2v) is 6.70. The SMILES string of the molecule is O=C(O)c1cc(SCc2ccc(Cl)s2)ccc1Cl. The number of benzene rings is 1. The molecule has 6 heteroatoms. The number of halogens is 2. The molecule has 0 fully saturated rings. The third kappa shape index (κ3) is 3.42. The van der Waals surface area contributed by atoms with E-state index in [1.54, 1.807) is 23.9 Å². The lowest BCUT2D eigenvalue weighted by molar-refractivity contribution is 0.0697. The average Bonchev–Trinajstić information content (AvgIpc) is 2.74. The molecule has 1 aromatic heterocycles. The van der Waals surface area contributed by atoms with Crippen molar-refractivity contribution in [2.45, 2.75) is 10.6 Å². The van der Waals surface area contributed by atoms with Crippen molar-refractivity contribution in [2.24, 2.45) is 0 Å². The largest absolute Gasteiger partial charge is 0.478 e. The van der Waals surface area contributed by atoms with Crippen LogP contribution in [-0.2, 0) is 5.75 Å². The fourth-order valence-electron chi connectivity index (χ4n) is 1.34. The fourth-order valence-corrected chi connectivity index (χ4v) is 3.61. The standard InChI is InChI=1S/C12H8Cl2O2S2/c13-10-3-1-7(5-9(10)12(15)16)17-6-8-2-4-11(14)18-8/h1-5H,6H2,(H,15,16). The Morgan fingerprint density at radius 3 is 2.67 bits per heavy atom. The molecule has 0 aliphatic carbocycles. The third-order valence-corrected chi connectivity index (χ3v) is 4.96. The molecule has 0 bridgehead atoms. The van der Waals surface area contributed by atoms with Gasteiger partial charge >= 0.3 is 5.97 Å². The van der Waals surface area contributed by atoms with Crippen LogP contribution in [0.2, 0.25) is 9.36 Å². The van der Waals surface area contributed by atoms with Crippen LogP contribution in [0, 0.1) is 0 Å².